The number of rotatable bonds is 2. The fraction of sp³-hybridized carbons (Fsp3) is 0. The second-order valence-corrected chi connectivity index (χ2v) is 2.90. The molecule has 2 rings (SSSR count). The van der Waals surface area contributed by atoms with Crippen molar-refractivity contribution in [3.05, 3.63) is 54.0 Å². The SMILES string of the molecule is Nc1ccoc1C(=O)c1ccccc1. The molecule has 0 saturated heterocycles. The van der Waals surface area contributed by atoms with E-state index < -0.39 is 0 Å². The van der Waals surface area contributed by atoms with Crippen LogP contribution in [-0.2, 0) is 0 Å². The number of furan rings is 1. The van der Waals surface area contributed by atoms with Gasteiger partial charge in [-0.3, -0.25) is 4.79 Å². The molecule has 0 unspecified atom stereocenters. The minimum atomic E-state index is -0.187. The molecule has 0 radical (unpaired) electrons. The maximum absolute atomic E-state index is 11.8. The first-order chi connectivity index (χ1) is 6.79. The van der Waals surface area contributed by atoms with Crippen molar-refractivity contribution in [1.29, 1.82) is 0 Å². The van der Waals surface area contributed by atoms with E-state index in [4.69, 9.17) is 10.2 Å². The van der Waals surface area contributed by atoms with Crippen LogP contribution in [0.15, 0.2) is 47.1 Å². The standard InChI is InChI=1S/C11H9NO2/c12-9-6-7-14-11(9)10(13)8-4-2-1-3-5-8/h1-7H,12H2. The normalized spacial score (nSPS) is 10.0. The van der Waals surface area contributed by atoms with E-state index in [0.717, 1.165) is 0 Å². The molecule has 14 heavy (non-hydrogen) atoms. The number of hydrogen-bond donors (Lipinski definition) is 1. The Balaban J connectivity index is 2.39. The molecule has 1 aromatic heterocycles. The number of anilines is 1. The van der Waals surface area contributed by atoms with E-state index >= 15 is 0 Å². The largest absolute Gasteiger partial charge is 0.459 e. The van der Waals surface area contributed by atoms with Crippen LogP contribution in [0.1, 0.15) is 16.1 Å². The predicted molar refractivity (Wildman–Crippen MR) is 53.0 cm³/mol. The molecule has 0 fully saturated rings. The van der Waals surface area contributed by atoms with Crippen molar-refractivity contribution in [2.45, 2.75) is 0 Å². The summed E-state index contributed by atoms with van der Waals surface area (Å²) in [6, 6.07) is 10.5. The molecular formula is C11H9NO2. The van der Waals surface area contributed by atoms with Gasteiger partial charge in [-0.15, -0.1) is 0 Å². The van der Waals surface area contributed by atoms with Crippen molar-refractivity contribution < 1.29 is 9.21 Å². The number of carbonyl (C=O) groups excluding carboxylic acids is 1. The average Bonchev–Trinajstić information content (AvgIpc) is 2.65. The van der Waals surface area contributed by atoms with E-state index in [1.165, 1.54) is 6.26 Å². The topological polar surface area (TPSA) is 56.2 Å². The molecule has 0 amide bonds. The Kier molecular flexibility index (Phi) is 2.07. The molecule has 0 atom stereocenters. The smallest absolute Gasteiger partial charge is 0.230 e. The highest BCUT2D eigenvalue weighted by Crippen LogP contribution is 2.16. The maximum atomic E-state index is 11.8. The van der Waals surface area contributed by atoms with E-state index in [1.54, 1.807) is 30.3 Å². The molecule has 0 spiro atoms. The highest BCUT2D eigenvalue weighted by atomic mass is 16.3. The van der Waals surface area contributed by atoms with Gasteiger partial charge >= 0.3 is 0 Å². The van der Waals surface area contributed by atoms with Crippen LogP contribution >= 0.6 is 0 Å². The Labute approximate surface area is 81.1 Å². The van der Waals surface area contributed by atoms with Crippen LogP contribution in [0.4, 0.5) is 5.69 Å². The molecule has 2 aromatic rings. The summed E-state index contributed by atoms with van der Waals surface area (Å²) in [5.74, 6) is 0.0179. The lowest BCUT2D eigenvalue weighted by Gasteiger charge is -1.97. The fourth-order valence-corrected chi connectivity index (χ4v) is 1.22. The third-order valence-corrected chi connectivity index (χ3v) is 1.94. The Morgan fingerprint density at radius 3 is 2.43 bits per heavy atom. The zero-order chi connectivity index (χ0) is 9.97. The van der Waals surface area contributed by atoms with Gasteiger partial charge in [0.1, 0.15) is 0 Å². The zero-order valence-electron chi connectivity index (χ0n) is 7.44. The number of carbonyl (C=O) groups is 1. The van der Waals surface area contributed by atoms with Gasteiger partial charge in [-0.25, -0.2) is 0 Å². The number of ketones is 1. The molecule has 70 valence electrons. The summed E-state index contributed by atoms with van der Waals surface area (Å²) in [5.41, 5.74) is 6.52. The fourth-order valence-electron chi connectivity index (χ4n) is 1.22. The number of nitrogen functional groups attached to an aromatic ring is 1. The minimum absolute atomic E-state index is 0.187. The first-order valence-corrected chi connectivity index (χ1v) is 4.22. The lowest BCUT2D eigenvalue weighted by molar-refractivity contribution is 0.101. The summed E-state index contributed by atoms with van der Waals surface area (Å²) < 4.78 is 5.01. The first-order valence-electron chi connectivity index (χ1n) is 4.22. The van der Waals surface area contributed by atoms with Crippen LogP contribution in [-0.4, -0.2) is 5.78 Å². The summed E-state index contributed by atoms with van der Waals surface area (Å²) in [4.78, 5) is 11.8. The molecule has 1 heterocycles. The van der Waals surface area contributed by atoms with Gasteiger partial charge in [-0.1, -0.05) is 30.3 Å². The summed E-state index contributed by atoms with van der Waals surface area (Å²) in [6.07, 6.45) is 1.41. The van der Waals surface area contributed by atoms with Crippen molar-refractivity contribution in [2.75, 3.05) is 5.73 Å². The van der Waals surface area contributed by atoms with Gasteiger partial charge < -0.3 is 10.2 Å². The van der Waals surface area contributed by atoms with Crippen molar-refractivity contribution in [3.8, 4) is 0 Å². The van der Waals surface area contributed by atoms with Gasteiger partial charge in [0.05, 0.1) is 12.0 Å². The van der Waals surface area contributed by atoms with E-state index in [9.17, 15) is 4.79 Å². The third kappa shape index (κ3) is 1.40. The molecule has 3 heteroatoms. The molecule has 0 aliphatic carbocycles. The molecule has 0 saturated carbocycles. The van der Waals surface area contributed by atoms with Crippen molar-refractivity contribution in [1.82, 2.24) is 0 Å². The Morgan fingerprint density at radius 1 is 1.14 bits per heavy atom. The third-order valence-electron chi connectivity index (χ3n) is 1.94. The Hall–Kier alpha value is -2.03. The van der Waals surface area contributed by atoms with E-state index in [0.29, 0.717) is 11.3 Å². The highest BCUT2D eigenvalue weighted by molar-refractivity contribution is 6.09. The predicted octanol–water partition coefficient (Wildman–Crippen LogP) is 2.09. The quantitative estimate of drug-likeness (QED) is 0.732. The van der Waals surface area contributed by atoms with Crippen LogP contribution in [0.2, 0.25) is 0 Å². The van der Waals surface area contributed by atoms with Crippen molar-refractivity contribution >= 4 is 11.5 Å². The number of nitrogens with two attached hydrogens (primary N) is 1. The molecular weight excluding hydrogens is 178 g/mol. The Morgan fingerprint density at radius 2 is 1.86 bits per heavy atom. The van der Waals surface area contributed by atoms with Gasteiger partial charge in [0.15, 0.2) is 5.76 Å². The van der Waals surface area contributed by atoms with E-state index in [-0.39, 0.29) is 11.5 Å². The zero-order valence-corrected chi connectivity index (χ0v) is 7.44. The van der Waals surface area contributed by atoms with Gasteiger partial charge in [-0.2, -0.15) is 0 Å². The van der Waals surface area contributed by atoms with Crippen LogP contribution in [0, 0.1) is 0 Å². The van der Waals surface area contributed by atoms with Gasteiger partial charge in [0.2, 0.25) is 5.78 Å². The molecule has 0 aliphatic rings. The molecule has 1 aromatic carbocycles. The van der Waals surface area contributed by atoms with Crippen LogP contribution in [0.5, 0.6) is 0 Å². The molecule has 2 N–H and O–H groups in total. The second-order valence-electron chi connectivity index (χ2n) is 2.90. The molecule has 0 bridgehead atoms. The van der Waals surface area contributed by atoms with Gasteiger partial charge in [-0.05, 0) is 0 Å². The molecule has 3 nitrogen and oxygen atoms in total. The lowest BCUT2D eigenvalue weighted by atomic mass is 10.1. The second kappa shape index (κ2) is 3.38. The number of hydrogen-bond acceptors (Lipinski definition) is 3. The number of benzene rings is 1. The maximum Gasteiger partial charge on any atom is 0.230 e. The highest BCUT2D eigenvalue weighted by Gasteiger charge is 2.14. The van der Waals surface area contributed by atoms with Crippen LogP contribution in [0.3, 0.4) is 0 Å². The summed E-state index contributed by atoms with van der Waals surface area (Å²) in [5, 5.41) is 0. The monoisotopic (exact) mass is 187 g/mol. The van der Waals surface area contributed by atoms with Crippen LogP contribution in [0.25, 0.3) is 0 Å². The van der Waals surface area contributed by atoms with Gasteiger partial charge in [0.25, 0.3) is 0 Å². The van der Waals surface area contributed by atoms with E-state index in [2.05, 4.69) is 0 Å². The summed E-state index contributed by atoms with van der Waals surface area (Å²) >= 11 is 0. The Bertz CT molecular complexity index is 445. The van der Waals surface area contributed by atoms with E-state index in [1.807, 2.05) is 6.07 Å². The summed E-state index contributed by atoms with van der Waals surface area (Å²) in [6.45, 7) is 0. The van der Waals surface area contributed by atoms with Crippen LogP contribution < -0.4 is 5.73 Å². The summed E-state index contributed by atoms with van der Waals surface area (Å²) in [7, 11) is 0. The van der Waals surface area contributed by atoms with Crippen molar-refractivity contribution in [3.63, 3.8) is 0 Å². The molecule has 0 aliphatic heterocycles. The van der Waals surface area contributed by atoms with Gasteiger partial charge in [0, 0.05) is 11.6 Å². The average molecular weight is 187 g/mol. The lowest BCUT2D eigenvalue weighted by Crippen LogP contribution is -2.02. The van der Waals surface area contributed by atoms with Crippen molar-refractivity contribution in [2.24, 2.45) is 0 Å². The minimum Gasteiger partial charge on any atom is -0.459 e. The first kappa shape index (κ1) is 8.56.